The molecule has 1 heterocycles. The second-order valence-corrected chi connectivity index (χ2v) is 6.44. The first-order valence-corrected chi connectivity index (χ1v) is 8.77. The fourth-order valence-corrected chi connectivity index (χ4v) is 3.00. The molecule has 132 valence electrons. The van der Waals surface area contributed by atoms with Crippen molar-refractivity contribution in [1.82, 2.24) is 5.32 Å². The van der Waals surface area contributed by atoms with E-state index in [0.29, 0.717) is 6.10 Å². The van der Waals surface area contributed by atoms with Crippen LogP contribution in [0.25, 0.3) is 0 Å². The van der Waals surface area contributed by atoms with Crippen LogP contribution in [0.4, 0.5) is 0 Å². The van der Waals surface area contributed by atoms with Gasteiger partial charge in [-0.1, -0.05) is 25.6 Å². The van der Waals surface area contributed by atoms with Gasteiger partial charge >= 0.3 is 0 Å². The Hall–Kier alpha value is -1.65. The van der Waals surface area contributed by atoms with E-state index in [1.54, 1.807) is 0 Å². The van der Waals surface area contributed by atoms with Gasteiger partial charge in [-0.2, -0.15) is 0 Å². The van der Waals surface area contributed by atoms with E-state index in [-0.39, 0.29) is 11.9 Å². The summed E-state index contributed by atoms with van der Waals surface area (Å²) < 4.78 is 10.7. The molecule has 4 nitrogen and oxygen atoms in total. The smallest absolute Gasteiger partial charge is 0.243 e. The molecule has 0 spiro atoms. The minimum Gasteiger partial charge on any atom is -0.379 e. The zero-order valence-corrected chi connectivity index (χ0v) is 15.1. The lowest BCUT2D eigenvalue weighted by Gasteiger charge is -2.20. The molecule has 0 bridgehead atoms. The molecule has 1 fully saturated rings. The molecule has 1 N–H and O–H groups in total. The number of epoxide rings is 1. The Morgan fingerprint density at radius 1 is 1.46 bits per heavy atom. The maximum atomic E-state index is 11.6. The fourth-order valence-electron chi connectivity index (χ4n) is 3.00. The van der Waals surface area contributed by atoms with Crippen LogP contribution in [0.1, 0.15) is 48.1 Å². The van der Waals surface area contributed by atoms with Gasteiger partial charge < -0.3 is 14.8 Å². The number of ether oxygens (including phenoxy) is 2. The van der Waals surface area contributed by atoms with E-state index in [9.17, 15) is 4.79 Å². The Bertz CT molecular complexity index is 555. The molecule has 4 heteroatoms. The summed E-state index contributed by atoms with van der Waals surface area (Å²) in [5, 5.41) is 2.99. The highest BCUT2D eigenvalue weighted by molar-refractivity contribution is 5.87. The number of nitrogens with one attached hydrogen (secondary N) is 1. The zero-order chi connectivity index (χ0) is 17.5. The van der Waals surface area contributed by atoms with Gasteiger partial charge in [-0.05, 0) is 61.4 Å². The standard InChI is InChI=1S/C20H29NO3/c1-5-19(21-20(22)6-2)16-10-14(3)18(15(4)11-16)8-7-9-23-12-17-13-24-17/h6,10-11,17,19H,2,5,7-9,12-13H2,1,3-4H3,(H,21,22). The van der Waals surface area contributed by atoms with Gasteiger partial charge in [0, 0.05) is 6.61 Å². The molecule has 24 heavy (non-hydrogen) atoms. The van der Waals surface area contributed by atoms with Crippen molar-refractivity contribution >= 4 is 5.91 Å². The summed E-state index contributed by atoms with van der Waals surface area (Å²) in [4.78, 5) is 11.6. The van der Waals surface area contributed by atoms with Crippen molar-refractivity contribution in [2.24, 2.45) is 0 Å². The Labute approximate surface area is 145 Å². The molecule has 0 saturated carbocycles. The number of hydrogen-bond acceptors (Lipinski definition) is 3. The molecule has 2 rings (SSSR count). The lowest BCUT2D eigenvalue weighted by Crippen LogP contribution is -2.26. The van der Waals surface area contributed by atoms with E-state index in [4.69, 9.17) is 9.47 Å². The third-order valence-corrected chi connectivity index (χ3v) is 4.45. The van der Waals surface area contributed by atoms with E-state index in [1.807, 2.05) is 0 Å². The Morgan fingerprint density at radius 2 is 2.12 bits per heavy atom. The number of rotatable bonds is 10. The van der Waals surface area contributed by atoms with Gasteiger partial charge in [-0.15, -0.1) is 0 Å². The minimum absolute atomic E-state index is 0.0313. The summed E-state index contributed by atoms with van der Waals surface area (Å²) in [6.45, 7) is 12.2. The Morgan fingerprint density at radius 3 is 2.67 bits per heavy atom. The van der Waals surface area contributed by atoms with Crippen LogP contribution in [0.15, 0.2) is 24.8 Å². The summed E-state index contributed by atoms with van der Waals surface area (Å²) >= 11 is 0. The van der Waals surface area contributed by atoms with Crippen LogP contribution in [-0.4, -0.2) is 31.8 Å². The number of benzene rings is 1. The molecule has 1 aromatic rings. The summed E-state index contributed by atoms with van der Waals surface area (Å²) in [5.41, 5.74) is 5.10. The van der Waals surface area contributed by atoms with Crippen molar-refractivity contribution in [3.63, 3.8) is 0 Å². The first-order valence-electron chi connectivity index (χ1n) is 8.77. The van der Waals surface area contributed by atoms with Crippen LogP contribution in [0.3, 0.4) is 0 Å². The van der Waals surface area contributed by atoms with E-state index >= 15 is 0 Å². The zero-order valence-electron chi connectivity index (χ0n) is 15.1. The lowest BCUT2D eigenvalue weighted by molar-refractivity contribution is -0.117. The minimum atomic E-state index is -0.127. The lowest BCUT2D eigenvalue weighted by atomic mass is 9.92. The van der Waals surface area contributed by atoms with Gasteiger partial charge in [0.05, 0.1) is 19.3 Å². The van der Waals surface area contributed by atoms with Gasteiger partial charge in [-0.25, -0.2) is 0 Å². The van der Waals surface area contributed by atoms with Gasteiger partial charge in [0.25, 0.3) is 0 Å². The molecule has 1 aliphatic rings. The van der Waals surface area contributed by atoms with Crippen molar-refractivity contribution in [3.05, 3.63) is 47.0 Å². The molecule has 2 unspecified atom stereocenters. The van der Waals surface area contributed by atoms with Crippen molar-refractivity contribution in [3.8, 4) is 0 Å². The first-order chi connectivity index (χ1) is 11.5. The summed E-state index contributed by atoms with van der Waals surface area (Å²) in [5.74, 6) is -0.127. The SMILES string of the molecule is C=CC(=O)NC(CC)c1cc(C)c(CCCOCC2CO2)c(C)c1. The molecule has 0 aliphatic carbocycles. The monoisotopic (exact) mass is 331 g/mol. The normalized spacial score (nSPS) is 17.4. The van der Waals surface area contributed by atoms with Crippen LogP contribution in [0.5, 0.6) is 0 Å². The molecular weight excluding hydrogens is 302 g/mol. The highest BCUT2D eigenvalue weighted by Crippen LogP contribution is 2.24. The predicted octanol–water partition coefficient (Wildman–Crippen LogP) is 3.40. The largest absolute Gasteiger partial charge is 0.379 e. The molecule has 1 aromatic carbocycles. The molecule has 2 atom stereocenters. The fraction of sp³-hybridized carbons (Fsp3) is 0.550. The second-order valence-electron chi connectivity index (χ2n) is 6.44. The van der Waals surface area contributed by atoms with Crippen LogP contribution in [-0.2, 0) is 20.7 Å². The highest BCUT2D eigenvalue weighted by Gasteiger charge is 2.22. The van der Waals surface area contributed by atoms with Crippen LogP contribution < -0.4 is 5.32 Å². The summed E-state index contributed by atoms with van der Waals surface area (Å²) in [6.07, 6.45) is 4.54. The van der Waals surface area contributed by atoms with Crippen LogP contribution in [0.2, 0.25) is 0 Å². The van der Waals surface area contributed by atoms with Crippen molar-refractivity contribution < 1.29 is 14.3 Å². The van der Waals surface area contributed by atoms with Crippen molar-refractivity contribution in [2.45, 2.75) is 52.2 Å². The molecule has 1 aliphatic heterocycles. The first kappa shape index (κ1) is 18.7. The Balaban J connectivity index is 1.95. The average molecular weight is 331 g/mol. The van der Waals surface area contributed by atoms with E-state index in [1.165, 1.54) is 22.8 Å². The predicted molar refractivity (Wildman–Crippen MR) is 96.2 cm³/mol. The van der Waals surface area contributed by atoms with Crippen molar-refractivity contribution in [1.29, 1.82) is 0 Å². The van der Waals surface area contributed by atoms with Crippen molar-refractivity contribution in [2.75, 3.05) is 19.8 Å². The number of amides is 1. The number of hydrogen-bond donors (Lipinski definition) is 1. The quantitative estimate of drug-likeness (QED) is 0.406. The molecule has 0 radical (unpaired) electrons. The topological polar surface area (TPSA) is 50.9 Å². The van der Waals surface area contributed by atoms with E-state index in [0.717, 1.165) is 44.6 Å². The van der Waals surface area contributed by atoms with E-state index in [2.05, 4.69) is 44.8 Å². The number of carbonyl (C=O) groups is 1. The van der Waals surface area contributed by atoms with E-state index < -0.39 is 0 Å². The number of carbonyl (C=O) groups excluding carboxylic acids is 1. The van der Waals surface area contributed by atoms with Gasteiger partial charge in [0.2, 0.25) is 5.91 Å². The third-order valence-electron chi connectivity index (χ3n) is 4.45. The third kappa shape index (κ3) is 5.46. The highest BCUT2D eigenvalue weighted by atomic mass is 16.6. The van der Waals surface area contributed by atoms with Crippen LogP contribution >= 0.6 is 0 Å². The van der Waals surface area contributed by atoms with Gasteiger partial charge in [-0.3, -0.25) is 4.79 Å². The summed E-state index contributed by atoms with van der Waals surface area (Å²) in [6, 6.07) is 4.42. The molecule has 0 aromatic heterocycles. The van der Waals surface area contributed by atoms with Gasteiger partial charge in [0.1, 0.15) is 6.10 Å². The Kier molecular flexibility index (Phi) is 7.00. The molecule has 1 amide bonds. The average Bonchev–Trinajstić information content (AvgIpc) is 3.38. The molecule has 1 saturated heterocycles. The second kappa shape index (κ2) is 9.00. The number of aryl methyl sites for hydroxylation is 2. The van der Waals surface area contributed by atoms with Gasteiger partial charge in [0.15, 0.2) is 0 Å². The molecular formula is C20H29NO3. The maximum absolute atomic E-state index is 11.6. The maximum Gasteiger partial charge on any atom is 0.243 e. The van der Waals surface area contributed by atoms with Crippen LogP contribution in [0, 0.1) is 13.8 Å². The summed E-state index contributed by atoms with van der Waals surface area (Å²) in [7, 11) is 0.